The van der Waals surface area contributed by atoms with Crippen LogP contribution in [0.1, 0.15) is 33.3 Å². The minimum absolute atomic E-state index is 0.0421. The fourth-order valence-corrected chi connectivity index (χ4v) is 1.78. The minimum Gasteiger partial charge on any atom is -0.463 e. The van der Waals surface area contributed by atoms with E-state index in [1.165, 1.54) is 5.56 Å². The van der Waals surface area contributed by atoms with E-state index in [9.17, 15) is 4.79 Å². The summed E-state index contributed by atoms with van der Waals surface area (Å²) in [5, 5.41) is 0. The number of hydrogen-bond acceptors (Lipinski definition) is 2. The Morgan fingerprint density at radius 1 is 1.12 bits per heavy atom. The van der Waals surface area contributed by atoms with Crippen molar-refractivity contribution < 1.29 is 9.53 Å². The Morgan fingerprint density at radius 3 is 2.18 bits per heavy atom. The van der Waals surface area contributed by atoms with Crippen LogP contribution in [0.25, 0.3) is 0 Å². The Morgan fingerprint density at radius 2 is 1.71 bits per heavy atom. The van der Waals surface area contributed by atoms with Crippen molar-refractivity contribution in [3.05, 3.63) is 35.9 Å². The fraction of sp³-hybridized carbons (Fsp3) is 0.533. The molecule has 0 amide bonds. The van der Waals surface area contributed by atoms with Gasteiger partial charge in [-0.15, -0.1) is 0 Å². The fourth-order valence-electron chi connectivity index (χ4n) is 1.78. The molecule has 0 saturated heterocycles. The van der Waals surface area contributed by atoms with Crippen molar-refractivity contribution in [3.8, 4) is 0 Å². The predicted molar refractivity (Wildman–Crippen MR) is 69.7 cm³/mol. The van der Waals surface area contributed by atoms with Gasteiger partial charge in [0.25, 0.3) is 0 Å². The van der Waals surface area contributed by atoms with Crippen LogP contribution < -0.4 is 0 Å². The first-order valence-electron chi connectivity index (χ1n) is 6.25. The average Bonchev–Trinajstić information content (AvgIpc) is 2.25. The molecular formula is C15H22O2. The zero-order valence-corrected chi connectivity index (χ0v) is 11.1. The van der Waals surface area contributed by atoms with Gasteiger partial charge in [0, 0.05) is 0 Å². The molecule has 0 N–H and O–H groups in total. The first-order chi connectivity index (χ1) is 8.00. The van der Waals surface area contributed by atoms with Gasteiger partial charge in [-0.1, -0.05) is 44.2 Å². The highest BCUT2D eigenvalue weighted by Gasteiger charge is 2.24. The molecule has 0 heterocycles. The molecule has 0 saturated carbocycles. The molecule has 0 fully saturated rings. The molecule has 0 bridgehead atoms. The van der Waals surface area contributed by atoms with E-state index in [1.807, 2.05) is 32.0 Å². The van der Waals surface area contributed by atoms with Crippen LogP contribution in [0.15, 0.2) is 30.3 Å². The van der Waals surface area contributed by atoms with Crippen LogP contribution in [-0.4, -0.2) is 12.1 Å². The third-order valence-electron chi connectivity index (χ3n) is 2.76. The highest BCUT2D eigenvalue weighted by molar-refractivity contribution is 5.73. The van der Waals surface area contributed by atoms with Gasteiger partial charge in [-0.2, -0.15) is 0 Å². The van der Waals surface area contributed by atoms with Gasteiger partial charge < -0.3 is 4.74 Å². The van der Waals surface area contributed by atoms with Gasteiger partial charge in [-0.05, 0) is 31.7 Å². The van der Waals surface area contributed by atoms with E-state index in [1.54, 1.807) is 0 Å². The quantitative estimate of drug-likeness (QED) is 0.729. The molecule has 2 nitrogen and oxygen atoms in total. The number of carbonyl (C=O) groups is 1. The second kappa shape index (κ2) is 6.43. The van der Waals surface area contributed by atoms with Crippen LogP contribution in [0.4, 0.5) is 0 Å². The zero-order valence-electron chi connectivity index (χ0n) is 11.1. The SMILES string of the molecule is CC(C)OC(=O)[C@H](Cc1ccccc1)C(C)C. The molecule has 1 aromatic carbocycles. The molecule has 0 unspecified atom stereocenters. The lowest BCUT2D eigenvalue weighted by Crippen LogP contribution is -2.27. The molecule has 17 heavy (non-hydrogen) atoms. The number of ether oxygens (including phenoxy) is 1. The number of hydrogen-bond donors (Lipinski definition) is 0. The molecule has 0 aromatic heterocycles. The summed E-state index contributed by atoms with van der Waals surface area (Å²) >= 11 is 0. The molecule has 0 aliphatic carbocycles. The summed E-state index contributed by atoms with van der Waals surface area (Å²) in [4.78, 5) is 12.0. The van der Waals surface area contributed by atoms with Crippen molar-refractivity contribution >= 4 is 5.97 Å². The van der Waals surface area contributed by atoms with Gasteiger partial charge >= 0.3 is 5.97 Å². The lowest BCUT2D eigenvalue weighted by atomic mass is 9.89. The second-order valence-corrected chi connectivity index (χ2v) is 5.03. The van der Waals surface area contributed by atoms with E-state index in [-0.39, 0.29) is 18.0 Å². The number of rotatable bonds is 5. The Balaban J connectivity index is 2.70. The van der Waals surface area contributed by atoms with E-state index < -0.39 is 0 Å². The van der Waals surface area contributed by atoms with Crippen molar-refractivity contribution in [3.63, 3.8) is 0 Å². The molecule has 1 rings (SSSR count). The van der Waals surface area contributed by atoms with Crippen molar-refractivity contribution in [1.29, 1.82) is 0 Å². The molecular weight excluding hydrogens is 212 g/mol. The summed E-state index contributed by atoms with van der Waals surface area (Å²) < 4.78 is 5.31. The molecule has 94 valence electrons. The number of benzene rings is 1. The monoisotopic (exact) mass is 234 g/mol. The van der Waals surface area contributed by atoms with Gasteiger partial charge in [0.15, 0.2) is 0 Å². The van der Waals surface area contributed by atoms with Crippen molar-refractivity contribution in [2.45, 2.75) is 40.2 Å². The normalized spacial score (nSPS) is 12.8. The predicted octanol–water partition coefficient (Wildman–Crippen LogP) is 3.45. The standard InChI is InChI=1S/C15H22O2/c1-11(2)14(15(16)17-12(3)4)10-13-8-6-5-7-9-13/h5-9,11-12,14H,10H2,1-4H3/t14-/m1/s1. The van der Waals surface area contributed by atoms with E-state index in [4.69, 9.17) is 4.74 Å². The smallest absolute Gasteiger partial charge is 0.309 e. The zero-order chi connectivity index (χ0) is 12.8. The Bertz CT molecular complexity index is 341. The first kappa shape index (κ1) is 13.8. The lowest BCUT2D eigenvalue weighted by molar-refractivity contribution is -0.153. The average molecular weight is 234 g/mol. The Labute approximate surface area is 104 Å². The largest absolute Gasteiger partial charge is 0.463 e. The highest BCUT2D eigenvalue weighted by atomic mass is 16.5. The lowest BCUT2D eigenvalue weighted by Gasteiger charge is -2.20. The van der Waals surface area contributed by atoms with Crippen LogP contribution in [0.3, 0.4) is 0 Å². The number of carbonyl (C=O) groups excluding carboxylic acids is 1. The van der Waals surface area contributed by atoms with Gasteiger partial charge in [-0.3, -0.25) is 4.79 Å². The van der Waals surface area contributed by atoms with E-state index in [0.717, 1.165) is 6.42 Å². The summed E-state index contributed by atoms with van der Waals surface area (Å²) in [7, 11) is 0. The van der Waals surface area contributed by atoms with Crippen molar-refractivity contribution in [1.82, 2.24) is 0 Å². The Hall–Kier alpha value is -1.31. The van der Waals surface area contributed by atoms with Gasteiger partial charge in [0.2, 0.25) is 0 Å². The van der Waals surface area contributed by atoms with Crippen LogP contribution >= 0.6 is 0 Å². The van der Waals surface area contributed by atoms with E-state index in [0.29, 0.717) is 5.92 Å². The molecule has 2 heteroatoms. The minimum atomic E-state index is -0.0844. The summed E-state index contributed by atoms with van der Waals surface area (Å²) in [5.74, 6) is 0.153. The maximum absolute atomic E-state index is 12.0. The first-order valence-corrected chi connectivity index (χ1v) is 6.25. The van der Waals surface area contributed by atoms with E-state index >= 15 is 0 Å². The maximum Gasteiger partial charge on any atom is 0.309 e. The maximum atomic E-state index is 12.0. The van der Waals surface area contributed by atoms with Gasteiger partial charge in [0.05, 0.1) is 12.0 Å². The summed E-state index contributed by atoms with van der Waals surface area (Å²) in [6.45, 7) is 7.90. The summed E-state index contributed by atoms with van der Waals surface area (Å²) in [6, 6.07) is 10.1. The van der Waals surface area contributed by atoms with Crippen LogP contribution in [0, 0.1) is 11.8 Å². The van der Waals surface area contributed by atoms with Crippen LogP contribution in [0.5, 0.6) is 0 Å². The summed E-state index contributed by atoms with van der Waals surface area (Å²) in [5.41, 5.74) is 1.19. The topological polar surface area (TPSA) is 26.3 Å². The van der Waals surface area contributed by atoms with E-state index in [2.05, 4.69) is 26.0 Å². The summed E-state index contributed by atoms with van der Waals surface area (Å²) in [6.07, 6.45) is 0.712. The van der Waals surface area contributed by atoms with Crippen molar-refractivity contribution in [2.24, 2.45) is 11.8 Å². The van der Waals surface area contributed by atoms with Gasteiger partial charge in [-0.25, -0.2) is 0 Å². The van der Waals surface area contributed by atoms with Gasteiger partial charge in [0.1, 0.15) is 0 Å². The number of esters is 1. The van der Waals surface area contributed by atoms with Crippen molar-refractivity contribution in [2.75, 3.05) is 0 Å². The molecule has 0 radical (unpaired) electrons. The second-order valence-electron chi connectivity index (χ2n) is 5.03. The molecule has 1 aromatic rings. The van der Waals surface area contributed by atoms with Crippen LogP contribution in [0.2, 0.25) is 0 Å². The third kappa shape index (κ3) is 4.59. The highest BCUT2D eigenvalue weighted by Crippen LogP contribution is 2.19. The molecule has 0 aliphatic heterocycles. The van der Waals surface area contributed by atoms with Crippen LogP contribution in [-0.2, 0) is 16.0 Å². The molecule has 1 atom stereocenters. The third-order valence-corrected chi connectivity index (χ3v) is 2.76. The Kier molecular flexibility index (Phi) is 5.20. The molecule has 0 spiro atoms. The molecule has 0 aliphatic rings.